The lowest BCUT2D eigenvalue weighted by Crippen LogP contribution is -3.00. The molecule has 0 unspecified atom stereocenters. The largest absolute Gasteiger partial charge is 1.00 e. The Morgan fingerprint density at radius 3 is 1.00 bits per heavy atom. The number of carbonyl (C=O) groups is 2. The van der Waals surface area contributed by atoms with E-state index in [-0.39, 0.29) is 45.8 Å². The van der Waals surface area contributed by atoms with Gasteiger partial charge in [-0.15, -0.1) is 0 Å². The molecule has 0 fully saturated rings. The van der Waals surface area contributed by atoms with Crippen LogP contribution in [0.5, 0.6) is 0 Å². The van der Waals surface area contributed by atoms with Crippen LogP contribution in [0.4, 0.5) is 0 Å². The Morgan fingerprint density at radius 2 is 0.673 bits per heavy atom. The van der Waals surface area contributed by atoms with Crippen molar-refractivity contribution in [2.24, 2.45) is 0 Å². The van der Waals surface area contributed by atoms with Crippen LogP contribution in [-0.4, -0.2) is 47.8 Å². The van der Waals surface area contributed by atoms with E-state index >= 15 is 0 Å². The Balaban J connectivity index is 0.0000130. The van der Waals surface area contributed by atoms with Crippen molar-refractivity contribution in [2.45, 2.75) is 182 Å². The summed E-state index contributed by atoms with van der Waals surface area (Å²) < 4.78 is 4.44. The average molecular weight is 853 g/mol. The zero-order chi connectivity index (χ0) is 36.1. The van der Waals surface area contributed by atoms with E-state index in [0.29, 0.717) is 0 Å². The van der Waals surface area contributed by atoms with E-state index in [9.17, 15) is 9.59 Å². The minimum atomic E-state index is 0. The van der Waals surface area contributed by atoms with Gasteiger partial charge >= 0.3 is 0 Å². The molecule has 0 aromatic carbocycles. The van der Waals surface area contributed by atoms with Gasteiger partial charge in [-0.1, -0.05) is 118 Å². The highest BCUT2D eigenvalue weighted by molar-refractivity contribution is 5.94. The highest BCUT2D eigenvalue weighted by Crippen LogP contribution is 2.13. The van der Waals surface area contributed by atoms with Crippen LogP contribution in [0.2, 0.25) is 0 Å². The first-order valence-electron chi connectivity index (χ1n) is 21.1. The van der Waals surface area contributed by atoms with Crippen LogP contribution in [0.1, 0.15) is 190 Å². The van der Waals surface area contributed by atoms with Crippen molar-refractivity contribution in [3.8, 4) is 0 Å². The summed E-state index contributed by atoms with van der Waals surface area (Å²) in [6, 6.07) is 8.05. The standard InChI is InChI=1S/C44H76N4O2.2BrH/c1-5-9-13-15-19-23-31-45-37-27-41(28-38-45)43(49)47(33-11-7-3)35-25-21-17-18-22-26-36-48(34-12-8-4)44(50)42-29-39-46(40-30-42)32-24-20-16-14-10-6-2;;/h27-30,37-40H,5-26,31-36H2,1-4H3;2*1H/q+2;;/p-2. The van der Waals surface area contributed by atoms with Gasteiger partial charge in [0.1, 0.15) is 13.1 Å². The third kappa shape index (κ3) is 22.4. The number of aromatic nitrogens is 2. The van der Waals surface area contributed by atoms with Crippen molar-refractivity contribution in [1.29, 1.82) is 0 Å². The molecule has 0 saturated carbocycles. The number of carbonyl (C=O) groups excluding carboxylic acids is 2. The summed E-state index contributed by atoms with van der Waals surface area (Å²) in [4.78, 5) is 31.0. The summed E-state index contributed by atoms with van der Waals surface area (Å²) in [5.74, 6) is 0.348. The molecule has 0 aliphatic carbocycles. The van der Waals surface area contributed by atoms with Crippen molar-refractivity contribution in [3.63, 3.8) is 0 Å². The molecule has 0 spiro atoms. The van der Waals surface area contributed by atoms with Gasteiger partial charge < -0.3 is 43.8 Å². The summed E-state index contributed by atoms with van der Waals surface area (Å²) in [5, 5.41) is 0. The van der Waals surface area contributed by atoms with Gasteiger partial charge in [-0.25, -0.2) is 9.13 Å². The third-order valence-electron chi connectivity index (χ3n) is 10.1. The highest BCUT2D eigenvalue weighted by Gasteiger charge is 2.18. The Labute approximate surface area is 341 Å². The predicted molar refractivity (Wildman–Crippen MR) is 209 cm³/mol. The number of rotatable bonds is 31. The smallest absolute Gasteiger partial charge is 0.254 e. The van der Waals surface area contributed by atoms with Gasteiger partial charge in [-0.05, 0) is 38.5 Å². The van der Waals surface area contributed by atoms with Crippen LogP contribution in [0.3, 0.4) is 0 Å². The number of pyridine rings is 2. The fourth-order valence-corrected chi connectivity index (χ4v) is 6.65. The molecular weight excluding hydrogens is 776 g/mol. The molecule has 0 radical (unpaired) electrons. The minimum absolute atomic E-state index is 0. The summed E-state index contributed by atoms with van der Waals surface area (Å²) in [7, 11) is 0. The maximum absolute atomic E-state index is 13.4. The number of hydrogen-bond donors (Lipinski definition) is 0. The Bertz CT molecular complexity index is 1040. The zero-order valence-corrected chi connectivity index (χ0v) is 37.0. The molecular formula is C44H76Br2N4O2. The quantitative estimate of drug-likeness (QED) is 0.0829. The number of halogens is 2. The summed E-state index contributed by atoms with van der Waals surface area (Å²) in [6.07, 6.45) is 34.9. The summed E-state index contributed by atoms with van der Waals surface area (Å²) in [5.41, 5.74) is 1.62. The fraction of sp³-hybridized carbons (Fsp3) is 0.727. The summed E-state index contributed by atoms with van der Waals surface area (Å²) in [6.45, 7) is 14.3. The predicted octanol–water partition coefficient (Wildman–Crippen LogP) is 4.52. The molecule has 0 aliphatic heterocycles. The lowest BCUT2D eigenvalue weighted by molar-refractivity contribution is -0.697. The molecule has 0 bridgehead atoms. The van der Waals surface area contributed by atoms with Crippen LogP contribution in [0, 0.1) is 0 Å². The molecule has 2 aromatic heterocycles. The molecule has 2 amide bonds. The topological polar surface area (TPSA) is 48.4 Å². The van der Waals surface area contributed by atoms with Crippen molar-refractivity contribution in [3.05, 3.63) is 60.2 Å². The van der Waals surface area contributed by atoms with E-state index < -0.39 is 0 Å². The second-order valence-corrected chi connectivity index (χ2v) is 14.6. The molecule has 0 N–H and O–H groups in total. The lowest BCUT2D eigenvalue weighted by Gasteiger charge is -2.23. The first-order chi connectivity index (χ1) is 24.5. The number of hydrogen-bond acceptors (Lipinski definition) is 2. The van der Waals surface area contributed by atoms with Crippen molar-refractivity contribution in [1.82, 2.24) is 9.80 Å². The number of aryl methyl sites for hydroxylation is 2. The second-order valence-electron chi connectivity index (χ2n) is 14.6. The Hall–Kier alpha value is -1.80. The average Bonchev–Trinajstić information content (AvgIpc) is 3.14. The van der Waals surface area contributed by atoms with Gasteiger partial charge in [0, 0.05) is 63.3 Å². The van der Waals surface area contributed by atoms with Gasteiger partial charge in [0.15, 0.2) is 24.8 Å². The van der Waals surface area contributed by atoms with E-state index in [1.165, 1.54) is 89.9 Å². The van der Waals surface area contributed by atoms with Gasteiger partial charge in [-0.2, -0.15) is 0 Å². The molecule has 2 aromatic rings. The first-order valence-corrected chi connectivity index (χ1v) is 21.1. The van der Waals surface area contributed by atoms with Gasteiger partial charge in [0.05, 0.1) is 11.1 Å². The SMILES string of the molecule is CCCCCCCC[n+]1ccc(C(=O)N(CCCC)CCCCCCCCN(CCCC)C(=O)c2cc[n+](CCCCCCCC)cc2)cc1.[Br-].[Br-]. The second kappa shape index (κ2) is 33.7. The van der Waals surface area contributed by atoms with E-state index in [1.807, 2.05) is 24.3 Å². The van der Waals surface area contributed by atoms with Crippen LogP contribution in [-0.2, 0) is 13.1 Å². The zero-order valence-electron chi connectivity index (χ0n) is 33.8. The number of amides is 2. The molecule has 6 nitrogen and oxygen atoms in total. The van der Waals surface area contributed by atoms with Gasteiger partial charge in [0.25, 0.3) is 11.8 Å². The van der Waals surface area contributed by atoms with Crippen LogP contribution in [0.25, 0.3) is 0 Å². The van der Waals surface area contributed by atoms with Crippen molar-refractivity contribution < 1.29 is 52.7 Å². The Morgan fingerprint density at radius 1 is 0.404 bits per heavy atom. The molecule has 0 atom stereocenters. The normalized spacial score (nSPS) is 10.8. The van der Waals surface area contributed by atoms with Gasteiger partial charge in [0.2, 0.25) is 0 Å². The summed E-state index contributed by atoms with van der Waals surface area (Å²) >= 11 is 0. The number of unbranched alkanes of at least 4 members (excludes halogenated alkanes) is 17. The molecule has 0 saturated heterocycles. The number of nitrogens with zero attached hydrogens (tertiary/aromatic N) is 4. The molecule has 298 valence electrons. The van der Waals surface area contributed by atoms with Crippen LogP contribution in [0.15, 0.2) is 49.1 Å². The van der Waals surface area contributed by atoms with Crippen LogP contribution < -0.4 is 43.1 Å². The van der Waals surface area contributed by atoms with Crippen LogP contribution >= 0.6 is 0 Å². The molecule has 8 heteroatoms. The van der Waals surface area contributed by atoms with E-state index in [1.54, 1.807) is 0 Å². The molecule has 52 heavy (non-hydrogen) atoms. The van der Waals surface area contributed by atoms with Crippen molar-refractivity contribution in [2.75, 3.05) is 26.2 Å². The fourth-order valence-electron chi connectivity index (χ4n) is 6.65. The van der Waals surface area contributed by atoms with Gasteiger partial charge in [-0.3, -0.25) is 9.59 Å². The van der Waals surface area contributed by atoms with E-state index in [0.717, 1.165) is 102 Å². The minimum Gasteiger partial charge on any atom is -1.00 e. The molecule has 2 rings (SSSR count). The maximum atomic E-state index is 13.4. The molecule has 2 heterocycles. The third-order valence-corrected chi connectivity index (χ3v) is 10.1. The molecule has 0 aliphatic rings. The van der Waals surface area contributed by atoms with E-state index in [4.69, 9.17) is 0 Å². The van der Waals surface area contributed by atoms with Crippen molar-refractivity contribution >= 4 is 11.8 Å². The van der Waals surface area contributed by atoms with E-state index in [2.05, 4.69) is 71.4 Å². The first kappa shape index (κ1) is 50.2. The maximum Gasteiger partial charge on any atom is 0.254 e. The lowest BCUT2D eigenvalue weighted by atomic mass is 10.1. The monoisotopic (exact) mass is 850 g/mol. The Kier molecular flexibility index (Phi) is 32.6. The highest BCUT2D eigenvalue weighted by atomic mass is 79.9.